The maximum absolute atomic E-state index is 12.5. The minimum Gasteiger partial charge on any atom is -0.462 e. The summed E-state index contributed by atoms with van der Waals surface area (Å²) in [7, 11) is 0. The predicted molar refractivity (Wildman–Crippen MR) is 132 cm³/mol. The number of hydrogen-bond acceptors (Lipinski definition) is 5. The van der Waals surface area contributed by atoms with E-state index in [0.717, 1.165) is 33.5 Å². The number of carbonyl (C=O) groups is 1. The standard InChI is InChI=1S/C27H17ClN4O2/c1-2-10-34-27(33)15-6-8-19-21(11-15)22-12-18(28)7-9-20(22)25-24(19)31-26(32-25)23-16(13-29)4-3-5-17(23)14-30/h3-9,11-12H,2,10H2,1H3,(H,31,32). The number of esters is 1. The number of benzene rings is 4. The predicted octanol–water partition coefficient (Wildman–Crippen LogP) is 6.50. The molecule has 0 saturated heterocycles. The normalized spacial score (nSPS) is 10.9. The summed E-state index contributed by atoms with van der Waals surface area (Å²) in [6.07, 6.45) is 0.739. The molecule has 0 saturated carbocycles. The van der Waals surface area contributed by atoms with E-state index in [4.69, 9.17) is 21.3 Å². The minimum absolute atomic E-state index is 0.352. The van der Waals surface area contributed by atoms with Crippen LogP contribution in [0.1, 0.15) is 34.8 Å². The number of aromatic nitrogens is 2. The van der Waals surface area contributed by atoms with Crippen LogP contribution in [0.4, 0.5) is 0 Å². The number of nitriles is 2. The number of fused-ring (bicyclic) bond motifs is 6. The van der Waals surface area contributed by atoms with Gasteiger partial charge in [0.05, 0.1) is 52.0 Å². The number of rotatable bonds is 4. The van der Waals surface area contributed by atoms with Gasteiger partial charge in [0, 0.05) is 15.8 Å². The molecule has 0 amide bonds. The Hall–Kier alpha value is -4.39. The van der Waals surface area contributed by atoms with Crippen molar-refractivity contribution in [2.75, 3.05) is 6.61 Å². The number of carbonyl (C=O) groups excluding carboxylic acids is 1. The monoisotopic (exact) mass is 464 g/mol. The van der Waals surface area contributed by atoms with Crippen LogP contribution < -0.4 is 0 Å². The first-order chi connectivity index (χ1) is 16.5. The summed E-state index contributed by atoms with van der Waals surface area (Å²) in [5.41, 5.74) is 3.04. The average molecular weight is 465 g/mol. The number of H-pyrrole nitrogens is 1. The molecule has 0 aliphatic carbocycles. The van der Waals surface area contributed by atoms with E-state index in [-0.39, 0.29) is 5.97 Å². The third-order valence-corrected chi connectivity index (χ3v) is 5.97. The van der Waals surface area contributed by atoms with E-state index in [9.17, 15) is 15.3 Å². The van der Waals surface area contributed by atoms with E-state index in [1.807, 2.05) is 25.1 Å². The third-order valence-electron chi connectivity index (χ3n) is 5.73. The molecule has 0 spiro atoms. The summed E-state index contributed by atoms with van der Waals surface area (Å²) in [5, 5.41) is 23.2. The van der Waals surface area contributed by atoms with Gasteiger partial charge in [-0.05, 0) is 53.6 Å². The van der Waals surface area contributed by atoms with Crippen molar-refractivity contribution in [1.82, 2.24) is 9.97 Å². The number of imidazole rings is 1. The lowest BCUT2D eigenvalue weighted by molar-refractivity contribution is 0.0505. The lowest BCUT2D eigenvalue weighted by Gasteiger charge is -2.09. The van der Waals surface area contributed by atoms with E-state index in [0.29, 0.717) is 45.2 Å². The quantitative estimate of drug-likeness (QED) is 0.241. The molecule has 1 N–H and O–H groups in total. The Labute approximate surface area is 200 Å². The minimum atomic E-state index is -0.386. The Morgan fingerprint density at radius 1 is 1.00 bits per heavy atom. The number of ether oxygens (including phenoxy) is 1. The Morgan fingerprint density at radius 2 is 1.71 bits per heavy atom. The van der Waals surface area contributed by atoms with Crippen molar-refractivity contribution in [3.8, 4) is 23.5 Å². The van der Waals surface area contributed by atoms with Gasteiger partial charge in [0.2, 0.25) is 0 Å². The first-order valence-electron chi connectivity index (χ1n) is 10.7. The van der Waals surface area contributed by atoms with Crippen molar-refractivity contribution < 1.29 is 9.53 Å². The van der Waals surface area contributed by atoms with Crippen molar-refractivity contribution in [2.45, 2.75) is 13.3 Å². The van der Waals surface area contributed by atoms with Crippen LogP contribution in [0.25, 0.3) is 44.0 Å². The van der Waals surface area contributed by atoms with Crippen LogP contribution in [0.15, 0.2) is 54.6 Å². The second kappa shape index (κ2) is 8.51. The number of halogens is 1. The smallest absolute Gasteiger partial charge is 0.338 e. The first kappa shape index (κ1) is 21.5. The fraction of sp³-hybridized carbons (Fsp3) is 0.111. The second-order valence-corrected chi connectivity index (χ2v) is 8.28. The molecular formula is C27H17ClN4O2. The molecule has 4 aromatic carbocycles. The Morgan fingerprint density at radius 3 is 2.41 bits per heavy atom. The van der Waals surface area contributed by atoms with E-state index in [1.165, 1.54) is 0 Å². The largest absolute Gasteiger partial charge is 0.462 e. The van der Waals surface area contributed by atoms with Gasteiger partial charge in [-0.15, -0.1) is 0 Å². The summed E-state index contributed by atoms with van der Waals surface area (Å²) in [6, 6.07) is 20.2. The van der Waals surface area contributed by atoms with Gasteiger partial charge in [-0.1, -0.05) is 36.7 Å². The van der Waals surface area contributed by atoms with Crippen molar-refractivity contribution in [1.29, 1.82) is 10.5 Å². The van der Waals surface area contributed by atoms with Gasteiger partial charge in [-0.25, -0.2) is 9.78 Å². The molecule has 5 rings (SSSR count). The highest BCUT2D eigenvalue weighted by molar-refractivity contribution is 6.33. The van der Waals surface area contributed by atoms with E-state index in [1.54, 1.807) is 36.4 Å². The van der Waals surface area contributed by atoms with E-state index >= 15 is 0 Å². The number of hydrogen-bond donors (Lipinski definition) is 1. The van der Waals surface area contributed by atoms with Gasteiger partial charge < -0.3 is 9.72 Å². The summed E-state index contributed by atoms with van der Waals surface area (Å²) < 4.78 is 5.31. The van der Waals surface area contributed by atoms with Crippen LogP contribution in [0.2, 0.25) is 5.02 Å². The van der Waals surface area contributed by atoms with Crippen LogP contribution in [-0.2, 0) is 4.74 Å². The summed E-state index contributed by atoms with van der Waals surface area (Å²) >= 11 is 6.33. The highest BCUT2D eigenvalue weighted by Gasteiger charge is 2.19. The van der Waals surface area contributed by atoms with Gasteiger partial charge in [0.25, 0.3) is 0 Å². The van der Waals surface area contributed by atoms with Gasteiger partial charge >= 0.3 is 5.97 Å². The summed E-state index contributed by atoms with van der Waals surface area (Å²) in [6.45, 7) is 2.29. The maximum Gasteiger partial charge on any atom is 0.338 e. The van der Waals surface area contributed by atoms with Crippen LogP contribution in [0, 0.1) is 22.7 Å². The van der Waals surface area contributed by atoms with Crippen molar-refractivity contribution in [3.63, 3.8) is 0 Å². The SMILES string of the molecule is CCCOC(=O)c1ccc2c(c1)c1cc(Cl)ccc1c1[nH]c(-c3c(C#N)cccc3C#N)nc21. The lowest BCUT2D eigenvalue weighted by atomic mass is 9.98. The molecule has 0 aliphatic rings. The number of nitrogens with zero attached hydrogens (tertiary/aromatic N) is 3. The average Bonchev–Trinajstić information content (AvgIpc) is 3.31. The Balaban J connectivity index is 1.85. The van der Waals surface area contributed by atoms with Gasteiger partial charge in [-0.2, -0.15) is 10.5 Å². The zero-order valence-corrected chi connectivity index (χ0v) is 18.9. The molecule has 0 fully saturated rings. The molecule has 0 bridgehead atoms. The molecule has 0 unspecified atom stereocenters. The molecule has 0 aliphatic heterocycles. The van der Waals surface area contributed by atoms with Gasteiger partial charge in [0.15, 0.2) is 0 Å². The highest BCUT2D eigenvalue weighted by Crippen LogP contribution is 2.38. The molecule has 6 nitrogen and oxygen atoms in total. The van der Waals surface area contributed by atoms with Crippen molar-refractivity contribution in [3.05, 3.63) is 76.3 Å². The topological polar surface area (TPSA) is 103 Å². The van der Waals surface area contributed by atoms with Crippen molar-refractivity contribution >= 4 is 50.1 Å². The summed E-state index contributed by atoms with van der Waals surface area (Å²) in [4.78, 5) is 20.7. The Kier molecular flexibility index (Phi) is 5.37. The zero-order chi connectivity index (χ0) is 23.8. The number of nitrogens with one attached hydrogen (secondary N) is 1. The number of aromatic amines is 1. The van der Waals surface area contributed by atoms with Crippen LogP contribution in [0.3, 0.4) is 0 Å². The molecule has 7 heteroatoms. The fourth-order valence-corrected chi connectivity index (χ4v) is 4.38. The molecule has 0 atom stereocenters. The zero-order valence-electron chi connectivity index (χ0n) is 18.1. The molecule has 5 aromatic rings. The second-order valence-electron chi connectivity index (χ2n) is 7.85. The molecule has 1 heterocycles. The first-order valence-corrected chi connectivity index (χ1v) is 11.1. The van der Waals surface area contributed by atoms with Crippen LogP contribution in [0.5, 0.6) is 0 Å². The van der Waals surface area contributed by atoms with Gasteiger partial charge in [-0.3, -0.25) is 0 Å². The highest BCUT2D eigenvalue weighted by atomic mass is 35.5. The molecule has 1 aromatic heterocycles. The van der Waals surface area contributed by atoms with Gasteiger partial charge in [0.1, 0.15) is 5.82 Å². The molecule has 164 valence electrons. The molecule has 0 radical (unpaired) electrons. The molecule has 34 heavy (non-hydrogen) atoms. The lowest BCUT2D eigenvalue weighted by Crippen LogP contribution is -2.05. The molecular weight excluding hydrogens is 448 g/mol. The van der Waals surface area contributed by atoms with Crippen molar-refractivity contribution in [2.24, 2.45) is 0 Å². The van der Waals surface area contributed by atoms with E-state index in [2.05, 4.69) is 17.1 Å². The van der Waals surface area contributed by atoms with Crippen LogP contribution >= 0.6 is 11.6 Å². The Bertz CT molecular complexity index is 1670. The fourth-order valence-electron chi connectivity index (χ4n) is 4.21. The third kappa shape index (κ3) is 3.42. The van der Waals surface area contributed by atoms with E-state index < -0.39 is 0 Å². The van der Waals surface area contributed by atoms with Crippen LogP contribution in [-0.4, -0.2) is 22.5 Å². The maximum atomic E-state index is 12.5. The summed E-state index contributed by atoms with van der Waals surface area (Å²) in [5.74, 6) is 0.0437.